The summed E-state index contributed by atoms with van der Waals surface area (Å²) in [5, 5.41) is 1.23. The second-order valence-electron chi connectivity index (χ2n) is 4.17. The van der Waals surface area contributed by atoms with Crippen LogP contribution in [0.3, 0.4) is 0 Å². The van der Waals surface area contributed by atoms with Crippen LogP contribution in [0.15, 0.2) is 30.5 Å². The van der Waals surface area contributed by atoms with Crippen LogP contribution in [0, 0.1) is 0 Å². The van der Waals surface area contributed by atoms with Gasteiger partial charge < -0.3 is 19.8 Å². The SMILES string of the molecule is COCCOCCn1ccc2cccc(CN)c21. The van der Waals surface area contributed by atoms with E-state index >= 15 is 0 Å². The number of para-hydroxylation sites is 1. The lowest BCUT2D eigenvalue weighted by atomic mass is 10.1. The fourth-order valence-electron chi connectivity index (χ4n) is 2.10. The van der Waals surface area contributed by atoms with Crippen LogP contribution in [-0.4, -0.2) is 31.5 Å². The van der Waals surface area contributed by atoms with Crippen LogP contribution >= 0.6 is 0 Å². The summed E-state index contributed by atoms with van der Waals surface area (Å²) in [5.41, 5.74) is 8.17. The van der Waals surface area contributed by atoms with Crippen molar-refractivity contribution < 1.29 is 9.47 Å². The van der Waals surface area contributed by atoms with E-state index in [2.05, 4.69) is 29.0 Å². The molecule has 18 heavy (non-hydrogen) atoms. The Balaban J connectivity index is 2.04. The summed E-state index contributed by atoms with van der Waals surface area (Å²) in [6.07, 6.45) is 2.09. The first-order valence-electron chi connectivity index (χ1n) is 6.20. The Bertz CT molecular complexity index is 493. The van der Waals surface area contributed by atoms with Crippen LogP contribution in [0.25, 0.3) is 10.9 Å². The number of fused-ring (bicyclic) bond motifs is 1. The Hall–Kier alpha value is -1.36. The average molecular weight is 248 g/mol. The van der Waals surface area contributed by atoms with Gasteiger partial charge in [-0.05, 0) is 17.0 Å². The first-order valence-corrected chi connectivity index (χ1v) is 6.20. The normalized spacial score (nSPS) is 11.2. The molecule has 0 aliphatic rings. The quantitative estimate of drug-likeness (QED) is 0.760. The lowest BCUT2D eigenvalue weighted by molar-refractivity contribution is 0.0670. The highest BCUT2D eigenvalue weighted by Crippen LogP contribution is 2.19. The largest absolute Gasteiger partial charge is 0.382 e. The van der Waals surface area contributed by atoms with Crippen molar-refractivity contribution in [3.8, 4) is 0 Å². The highest BCUT2D eigenvalue weighted by molar-refractivity contribution is 5.83. The number of methoxy groups -OCH3 is 1. The molecule has 98 valence electrons. The Labute approximate surface area is 107 Å². The fraction of sp³-hybridized carbons (Fsp3) is 0.429. The number of hydrogen-bond donors (Lipinski definition) is 1. The lowest BCUT2D eigenvalue weighted by Gasteiger charge is -2.09. The van der Waals surface area contributed by atoms with Crippen LogP contribution in [0.1, 0.15) is 5.56 Å². The molecule has 0 saturated carbocycles. The third kappa shape index (κ3) is 2.90. The molecule has 4 nitrogen and oxygen atoms in total. The van der Waals surface area contributed by atoms with Gasteiger partial charge in [-0.25, -0.2) is 0 Å². The Morgan fingerprint density at radius 3 is 2.83 bits per heavy atom. The summed E-state index contributed by atoms with van der Waals surface area (Å²) in [5.74, 6) is 0. The summed E-state index contributed by atoms with van der Waals surface area (Å²) in [6.45, 7) is 3.36. The minimum atomic E-state index is 0.561. The lowest BCUT2D eigenvalue weighted by Crippen LogP contribution is -2.09. The molecule has 0 atom stereocenters. The van der Waals surface area contributed by atoms with Crippen LogP contribution in [0.2, 0.25) is 0 Å². The Morgan fingerprint density at radius 2 is 2.06 bits per heavy atom. The maximum atomic E-state index is 5.78. The first-order chi connectivity index (χ1) is 8.86. The van der Waals surface area contributed by atoms with Gasteiger partial charge in [0.15, 0.2) is 0 Å². The van der Waals surface area contributed by atoms with Gasteiger partial charge in [0.1, 0.15) is 0 Å². The Kier molecular flexibility index (Phi) is 4.75. The van der Waals surface area contributed by atoms with E-state index in [0.29, 0.717) is 26.4 Å². The number of ether oxygens (including phenoxy) is 2. The van der Waals surface area contributed by atoms with Gasteiger partial charge in [-0.15, -0.1) is 0 Å². The van der Waals surface area contributed by atoms with Gasteiger partial charge >= 0.3 is 0 Å². The van der Waals surface area contributed by atoms with Gasteiger partial charge in [-0.3, -0.25) is 0 Å². The summed E-state index contributed by atoms with van der Waals surface area (Å²) in [6, 6.07) is 8.34. The summed E-state index contributed by atoms with van der Waals surface area (Å²) in [7, 11) is 1.68. The van der Waals surface area contributed by atoms with Crippen LogP contribution in [0.4, 0.5) is 0 Å². The van der Waals surface area contributed by atoms with Gasteiger partial charge in [0.05, 0.1) is 25.3 Å². The highest BCUT2D eigenvalue weighted by Gasteiger charge is 2.04. The van der Waals surface area contributed by atoms with E-state index in [-0.39, 0.29) is 0 Å². The molecule has 0 bridgehead atoms. The standard InChI is InChI=1S/C14H20N2O2/c1-17-9-10-18-8-7-16-6-5-12-3-2-4-13(11-15)14(12)16/h2-6H,7-11,15H2,1H3. The molecular formula is C14H20N2O2. The third-order valence-corrected chi connectivity index (χ3v) is 3.00. The number of benzene rings is 1. The van der Waals surface area contributed by atoms with Crippen LogP contribution < -0.4 is 5.73 Å². The van der Waals surface area contributed by atoms with Gasteiger partial charge in [-0.2, -0.15) is 0 Å². The minimum absolute atomic E-state index is 0.561. The number of nitrogens with zero attached hydrogens (tertiary/aromatic N) is 1. The summed E-state index contributed by atoms with van der Waals surface area (Å²) < 4.78 is 12.6. The van der Waals surface area contributed by atoms with Crippen LogP contribution in [0.5, 0.6) is 0 Å². The summed E-state index contributed by atoms with van der Waals surface area (Å²) in [4.78, 5) is 0. The van der Waals surface area contributed by atoms with Crippen molar-refractivity contribution in [3.63, 3.8) is 0 Å². The topological polar surface area (TPSA) is 49.4 Å². The molecule has 0 aliphatic carbocycles. The van der Waals surface area contributed by atoms with Crippen molar-refractivity contribution in [3.05, 3.63) is 36.0 Å². The third-order valence-electron chi connectivity index (χ3n) is 3.00. The number of nitrogens with two attached hydrogens (primary N) is 1. The fourth-order valence-corrected chi connectivity index (χ4v) is 2.10. The van der Waals surface area contributed by atoms with Crippen molar-refractivity contribution in [2.75, 3.05) is 26.9 Å². The molecule has 0 radical (unpaired) electrons. The van der Waals surface area contributed by atoms with Crippen LogP contribution in [-0.2, 0) is 22.6 Å². The predicted molar refractivity (Wildman–Crippen MR) is 72.5 cm³/mol. The van der Waals surface area contributed by atoms with E-state index in [1.165, 1.54) is 16.5 Å². The average Bonchev–Trinajstić information content (AvgIpc) is 2.82. The van der Waals surface area contributed by atoms with E-state index in [4.69, 9.17) is 15.2 Å². The molecule has 4 heteroatoms. The smallest absolute Gasteiger partial charge is 0.0701 e. The number of hydrogen-bond acceptors (Lipinski definition) is 3. The van der Waals surface area contributed by atoms with Gasteiger partial charge in [0, 0.05) is 26.4 Å². The van der Waals surface area contributed by atoms with E-state index in [1.54, 1.807) is 7.11 Å². The van der Waals surface area contributed by atoms with Crippen molar-refractivity contribution in [2.24, 2.45) is 5.73 Å². The zero-order valence-corrected chi connectivity index (χ0v) is 10.8. The number of aromatic nitrogens is 1. The van der Waals surface area contributed by atoms with Crippen molar-refractivity contribution >= 4 is 10.9 Å². The maximum Gasteiger partial charge on any atom is 0.0701 e. The van der Waals surface area contributed by atoms with Crippen molar-refractivity contribution in [2.45, 2.75) is 13.1 Å². The predicted octanol–water partition coefficient (Wildman–Crippen LogP) is 1.76. The van der Waals surface area contributed by atoms with Crippen molar-refractivity contribution in [1.82, 2.24) is 4.57 Å². The first kappa shape index (κ1) is 13.1. The van der Waals surface area contributed by atoms with Gasteiger partial charge in [0.2, 0.25) is 0 Å². The molecule has 0 aliphatic heterocycles. The molecule has 0 unspecified atom stereocenters. The maximum absolute atomic E-state index is 5.78. The van der Waals surface area contributed by atoms with E-state index in [1.807, 2.05) is 6.07 Å². The molecule has 1 aromatic heterocycles. The molecule has 0 amide bonds. The summed E-state index contributed by atoms with van der Waals surface area (Å²) >= 11 is 0. The number of rotatable bonds is 7. The highest BCUT2D eigenvalue weighted by atomic mass is 16.5. The molecule has 2 N–H and O–H groups in total. The molecule has 2 rings (SSSR count). The molecule has 2 aromatic rings. The monoisotopic (exact) mass is 248 g/mol. The second-order valence-corrected chi connectivity index (χ2v) is 4.17. The van der Waals surface area contributed by atoms with Gasteiger partial charge in [0.25, 0.3) is 0 Å². The Morgan fingerprint density at radius 1 is 1.17 bits per heavy atom. The molecule has 1 heterocycles. The zero-order valence-electron chi connectivity index (χ0n) is 10.8. The molecular weight excluding hydrogens is 228 g/mol. The van der Waals surface area contributed by atoms with E-state index in [9.17, 15) is 0 Å². The minimum Gasteiger partial charge on any atom is -0.382 e. The van der Waals surface area contributed by atoms with E-state index in [0.717, 1.165) is 6.54 Å². The molecule has 0 saturated heterocycles. The van der Waals surface area contributed by atoms with Crippen molar-refractivity contribution in [1.29, 1.82) is 0 Å². The molecule has 1 aromatic carbocycles. The molecule has 0 spiro atoms. The molecule has 0 fully saturated rings. The second kappa shape index (κ2) is 6.54. The van der Waals surface area contributed by atoms with E-state index < -0.39 is 0 Å². The zero-order chi connectivity index (χ0) is 12.8. The van der Waals surface area contributed by atoms with Gasteiger partial charge in [-0.1, -0.05) is 18.2 Å².